The van der Waals surface area contributed by atoms with Gasteiger partial charge in [0.1, 0.15) is 11.3 Å². The van der Waals surface area contributed by atoms with Crippen molar-refractivity contribution in [1.82, 2.24) is 9.88 Å². The molecule has 4 rings (SSSR count). The van der Waals surface area contributed by atoms with Gasteiger partial charge in [0.15, 0.2) is 0 Å². The SMILES string of the molecule is COc1c(C(=O)N2CCO[C@H]3CCCC[C@H]32)cnc2ccccc12. The van der Waals surface area contributed by atoms with Crippen LogP contribution in [-0.4, -0.2) is 48.2 Å². The summed E-state index contributed by atoms with van der Waals surface area (Å²) < 4.78 is 11.5. The van der Waals surface area contributed by atoms with Crippen LogP contribution in [0.25, 0.3) is 10.9 Å². The van der Waals surface area contributed by atoms with Crippen molar-refractivity contribution in [1.29, 1.82) is 0 Å². The Morgan fingerprint density at radius 2 is 2.12 bits per heavy atom. The zero-order valence-electron chi connectivity index (χ0n) is 13.9. The first-order valence-corrected chi connectivity index (χ1v) is 8.64. The highest BCUT2D eigenvalue weighted by atomic mass is 16.5. The fourth-order valence-corrected chi connectivity index (χ4v) is 3.99. The number of ether oxygens (including phenoxy) is 2. The number of carbonyl (C=O) groups excluding carboxylic acids is 1. The molecule has 2 atom stereocenters. The van der Waals surface area contributed by atoms with Crippen molar-refractivity contribution in [3.8, 4) is 5.75 Å². The first-order valence-electron chi connectivity index (χ1n) is 8.64. The summed E-state index contributed by atoms with van der Waals surface area (Å²) in [5.74, 6) is 0.620. The molecule has 24 heavy (non-hydrogen) atoms. The number of pyridine rings is 1. The molecule has 1 aromatic heterocycles. The topological polar surface area (TPSA) is 51.7 Å². The number of nitrogens with zero attached hydrogens (tertiary/aromatic N) is 2. The molecule has 126 valence electrons. The summed E-state index contributed by atoms with van der Waals surface area (Å²) in [7, 11) is 1.61. The maximum absolute atomic E-state index is 13.2. The van der Waals surface area contributed by atoms with E-state index in [0.717, 1.165) is 30.2 Å². The smallest absolute Gasteiger partial charge is 0.259 e. The third kappa shape index (κ3) is 2.53. The van der Waals surface area contributed by atoms with Crippen LogP contribution < -0.4 is 4.74 Å². The molecule has 1 saturated carbocycles. The predicted molar refractivity (Wildman–Crippen MR) is 91.3 cm³/mol. The normalized spacial score (nSPS) is 23.8. The second-order valence-corrected chi connectivity index (χ2v) is 6.48. The van der Waals surface area contributed by atoms with E-state index >= 15 is 0 Å². The van der Waals surface area contributed by atoms with Crippen LogP contribution >= 0.6 is 0 Å². The molecule has 1 amide bonds. The summed E-state index contributed by atoms with van der Waals surface area (Å²) in [5.41, 5.74) is 1.38. The Bertz CT molecular complexity index is 759. The molecule has 1 aliphatic carbocycles. The van der Waals surface area contributed by atoms with Crippen molar-refractivity contribution in [3.05, 3.63) is 36.0 Å². The lowest BCUT2D eigenvalue weighted by molar-refractivity contribution is -0.0753. The zero-order valence-corrected chi connectivity index (χ0v) is 13.9. The number of para-hydroxylation sites is 1. The maximum Gasteiger partial charge on any atom is 0.259 e. The number of hydrogen-bond donors (Lipinski definition) is 0. The van der Waals surface area contributed by atoms with Crippen LogP contribution in [0, 0.1) is 0 Å². The lowest BCUT2D eigenvalue weighted by atomic mass is 9.89. The number of rotatable bonds is 2. The van der Waals surface area contributed by atoms with E-state index in [4.69, 9.17) is 9.47 Å². The van der Waals surface area contributed by atoms with Crippen molar-refractivity contribution >= 4 is 16.8 Å². The molecule has 0 spiro atoms. The van der Waals surface area contributed by atoms with Crippen molar-refractivity contribution in [2.24, 2.45) is 0 Å². The van der Waals surface area contributed by atoms with Gasteiger partial charge in [-0.05, 0) is 25.0 Å². The number of amides is 1. The molecule has 0 unspecified atom stereocenters. The van der Waals surface area contributed by atoms with Gasteiger partial charge >= 0.3 is 0 Å². The van der Waals surface area contributed by atoms with Crippen LogP contribution in [0.5, 0.6) is 5.75 Å². The minimum atomic E-state index is 0.00491. The molecule has 2 fully saturated rings. The predicted octanol–water partition coefficient (Wildman–Crippen LogP) is 3.03. The van der Waals surface area contributed by atoms with E-state index in [2.05, 4.69) is 4.98 Å². The maximum atomic E-state index is 13.2. The molecule has 5 heteroatoms. The quantitative estimate of drug-likeness (QED) is 0.851. The second kappa shape index (κ2) is 6.40. The summed E-state index contributed by atoms with van der Waals surface area (Å²) in [5, 5.41) is 0.874. The summed E-state index contributed by atoms with van der Waals surface area (Å²) in [4.78, 5) is 19.7. The standard InChI is InChI=1S/C19H22N2O3/c1-23-18-13-6-2-3-7-15(13)20-12-14(18)19(22)21-10-11-24-17-9-5-4-8-16(17)21/h2-3,6-7,12,16-17H,4-5,8-11H2,1H3/t16-,17+/m1/s1. The van der Waals surface area contributed by atoms with E-state index in [1.165, 1.54) is 6.42 Å². The molecule has 2 aliphatic rings. The Hall–Kier alpha value is -2.14. The first kappa shape index (κ1) is 15.4. The fraction of sp³-hybridized carbons (Fsp3) is 0.474. The Morgan fingerprint density at radius 3 is 3.00 bits per heavy atom. The van der Waals surface area contributed by atoms with Crippen molar-refractivity contribution < 1.29 is 14.3 Å². The van der Waals surface area contributed by atoms with Gasteiger partial charge < -0.3 is 14.4 Å². The number of benzene rings is 1. The zero-order chi connectivity index (χ0) is 16.5. The number of aromatic nitrogens is 1. The molecule has 0 N–H and O–H groups in total. The molecule has 2 aromatic rings. The van der Waals surface area contributed by atoms with E-state index in [1.54, 1.807) is 13.3 Å². The van der Waals surface area contributed by atoms with Gasteiger partial charge in [-0.25, -0.2) is 0 Å². The Labute approximate surface area is 141 Å². The van der Waals surface area contributed by atoms with Crippen molar-refractivity contribution in [2.75, 3.05) is 20.3 Å². The average molecular weight is 326 g/mol. The highest BCUT2D eigenvalue weighted by Gasteiger charge is 2.37. The number of carbonyl (C=O) groups is 1. The highest BCUT2D eigenvalue weighted by Crippen LogP contribution is 2.33. The van der Waals surface area contributed by atoms with Crippen LogP contribution in [0.4, 0.5) is 0 Å². The molecule has 0 bridgehead atoms. The third-order valence-electron chi connectivity index (χ3n) is 5.15. The Morgan fingerprint density at radius 1 is 1.29 bits per heavy atom. The van der Waals surface area contributed by atoms with Gasteiger partial charge in [-0.15, -0.1) is 0 Å². The number of morpholine rings is 1. The summed E-state index contributed by atoms with van der Waals surface area (Å²) in [6.07, 6.45) is 6.22. The largest absolute Gasteiger partial charge is 0.495 e. The summed E-state index contributed by atoms with van der Waals surface area (Å²) >= 11 is 0. The first-order chi connectivity index (χ1) is 11.8. The van der Waals surface area contributed by atoms with Gasteiger partial charge in [0.05, 0.1) is 31.4 Å². The summed E-state index contributed by atoms with van der Waals surface area (Å²) in [6, 6.07) is 7.92. The molecule has 1 aromatic carbocycles. The second-order valence-electron chi connectivity index (χ2n) is 6.48. The van der Waals surface area contributed by atoms with Gasteiger partial charge in [-0.1, -0.05) is 25.0 Å². The molecule has 1 saturated heterocycles. The van der Waals surface area contributed by atoms with Crippen LogP contribution in [0.1, 0.15) is 36.0 Å². The number of hydrogen-bond acceptors (Lipinski definition) is 4. The van der Waals surface area contributed by atoms with Gasteiger partial charge in [-0.2, -0.15) is 0 Å². The van der Waals surface area contributed by atoms with Crippen LogP contribution in [0.15, 0.2) is 30.5 Å². The highest BCUT2D eigenvalue weighted by molar-refractivity contribution is 6.02. The van der Waals surface area contributed by atoms with Gasteiger partial charge in [0.2, 0.25) is 0 Å². The number of fused-ring (bicyclic) bond motifs is 2. The minimum absolute atomic E-state index is 0.00491. The van der Waals surface area contributed by atoms with Crippen LogP contribution in [0.3, 0.4) is 0 Å². The van der Waals surface area contributed by atoms with E-state index in [-0.39, 0.29) is 18.1 Å². The molecule has 5 nitrogen and oxygen atoms in total. The lowest BCUT2D eigenvalue weighted by Gasteiger charge is -2.43. The molecular weight excluding hydrogens is 304 g/mol. The van der Waals surface area contributed by atoms with E-state index in [9.17, 15) is 4.79 Å². The minimum Gasteiger partial charge on any atom is -0.495 e. The van der Waals surface area contributed by atoms with Crippen molar-refractivity contribution in [3.63, 3.8) is 0 Å². The van der Waals surface area contributed by atoms with Crippen molar-refractivity contribution in [2.45, 2.75) is 37.8 Å². The fourth-order valence-electron chi connectivity index (χ4n) is 3.99. The van der Waals surface area contributed by atoms with E-state index in [0.29, 0.717) is 24.5 Å². The Kier molecular flexibility index (Phi) is 4.10. The average Bonchev–Trinajstić information content (AvgIpc) is 2.66. The Balaban J connectivity index is 1.72. The van der Waals surface area contributed by atoms with Crippen LogP contribution in [-0.2, 0) is 4.74 Å². The molecule has 0 radical (unpaired) electrons. The van der Waals surface area contributed by atoms with Gasteiger partial charge in [0, 0.05) is 18.1 Å². The molecule has 1 aliphatic heterocycles. The monoisotopic (exact) mass is 326 g/mol. The molecular formula is C19H22N2O3. The lowest BCUT2D eigenvalue weighted by Crippen LogP contribution is -2.54. The van der Waals surface area contributed by atoms with Gasteiger partial charge in [-0.3, -0.25) is 9.78 Å². The van der Waals surface area contributed by atoms with E-state index < -0.39 is 0 Å². The summed E-state index contributed by atoms with van der Waals surface area (Å²) in [6.45, 7) is 1.24. The third-order valence-corrected chi connectivity index (χ3v) is 5.15. The van der Waals surface area contributed by atoms with Gasteiger partial charge in [0.25, 0.3) is 5.91 Å². The van der Waals surface area contributed by atoms with E-state index in [1.807, 2.05) is 29.2 Å². The molecule has 2 heterocycles. The number of methoxy groups -OCH3 is 1. The van der Waals surface area contributed by atoms with Crippen LogP contribution in [0.2, 0.25) is 0 Å².